The molecule has 1 radical (unpaired) electrons. The highest BCUT2D eigenvalue weighted by atomic mass is 16.5. The van der Waals surface area contributed by atoms with E-state index < -0.39 is 0 Å². The number of rotatable bonds is 1. The predicted octanol–water partition coefficient (Wildman–Crippen LogP) is 0.0860. The van der Waals surface area contributed by atoms with Gasteiger partial charge in [-0.2, -0.15) is 0 Å². The smallest absolute Gasteiger partial charge is 0.198 e. The van der Waals surface area contributed by atoms with Crippen LogP contribution >= 0.6 is 0 Å². The highest BCUT2D eigenvalue weighted by Crippen LogP contribution is 2.02. The first-order valence-electron chi connectivity index (χ1n) is 2.41. The number of nitrogens with zero attached hydrogens (tertiary/aromatic N) is 1. The molecular formula is C5H9N2O. The largest absolute Gasteiger partial charge is 0.482 e. The molecule has 0 aromatic carbocycles. The molecule has 0 aromatic heterocycles. The number of methoxy groups -OCH3 is 1. The second-order valence-electron chi connectivity index (χ2n) is 1.61. The summed E-state index contributed by atoms with van der Waals surface area (Å²) in [5, 5.41) is 1.82. The fourth-order valence-corrected chi connectivity index (χ4v) is 0.542. The van der Waals surface area contributed by atoms with Gasteiger partial charge in [-0.15, -0.1) is 0 Å². The van der Waals surface area contributed by atoms with E-state index in [1.54, 1.807) is 7.11 Å². The summed E-state index contributed by atoms with van der Waals surface area (Å²) in [4.78, 5) is 0. The molecule has 0 unspecified atom stereocenters. The van der Waals surface area contributed by atoms with Gasteiger partial charge in [0.05, 0.1) is 13.7 Å². The van der Waals surface area contributed by atoms with E-state index >= 15 is 0 Å². The molecule has 0 amide bonds. The zero-order chi connectivity index (χ0) is 5.98. The van der Waals surface area contributed by atoms with Crippen LogP contribution in [0.4, 0.5) is 0 Å². The van der Waals surface area contributed by atoms with Crippen molar-refractivity contribution in [3.05, 3.63) is 18.5 Å². The average molecular weight is 113 g/mol. The minimum Gasteiger partial charge on any atom is -0.482 e. The number of ether oxygens (including phenoxy) is 1. The summed E-state index contributed by atoms with van der Waals surface area (Å²) < 4.78 is 4.86. The van der Waals surface area contributed by atoms with E-state index in [1.165, 1.54) is 0 Å². The van der Waals surface area contributed by atoms with Crippen LogP contribution in [0, 0.1) is 6.54 Å². The third-order valence-corrected chi connectivity index (χ3v) is 0.956. The van der Waals surface area contributed by atoms with Gasteiger partial charge < -0.3 is 4.74 Å². The van der Waals surface area contributed by atoms with Gasteiger partial charge in [0.2, 0.25) is 0 Å². The first-order chi connectivity index (χ1) is 3.83. The van der Waals surface area contributed by atoms with Crippen molar-refractivity contribution in [3.8, 4) is 0 Å². The molecule has 1 N–H and O–H groups in total. The molecule has 0 saturated carbocycles. The summed E-state index contributed by atoms with van der Waals surface area (Å²) in [7, 11) is 3.54. The minimum absolute atomic E-state index is 0.785. The van der Waals surface area contributed by atoms with Crippen molar-refractivity contribution >= 4 is 0 Å². The van der Waals surface area contributed by atoms with Gasteiger partial charge in [0, 0.05) is 7.05 Å². The minimum atomic E-state index is 0.785. The van der Waals surface area contributed by atoms with Gasteiger partial charge in [0.1, 0.15) is 0 Å². The summed E-state index contributed by atoms with van der Waals surface area (Å²) in [6.45, 7) is 1.89. The normalized spacial score (nSPS) is 20.0. The molecule has 1 aliphatic heterocycles. The van der Waals surface area contributed by atoms with Gasteiger partial charge in [-0.05, 0) is 6.08 Å². The van der Waals surface area contributed by atoms with Crippen molar-refractivity contribution in [3.63, 3.8) is 0 Å². The Labute approximate surface area is 48.9 Å². The molecule has 1 heterocycles. The molecule has 3 nitrogen and oxygen atoms in total. The van der Waals surface area contributed by atoms with Crippen LogP contribution in [0.25, 0.3) is 0 Å². The maximum Gasteiger partial charge on any atom is 0.198 e. The Morgan fingerprint density at radius 3 is 2.75 bits per heavy atom. The summed E-state index contributed by atoms with van der Waals surface area (Å²) in [5.74, 6) is 0.785. The maximum atomic E-state index is 4.86. The van der Waals surface area contributed by atoms with Crippen molar-refractivity contribution in [2.75, 3.05) is 14.2 Å². The Bertz CT molecular complexity index is 111. The molecule has 45 valence electrons. The zero-order valence-electron chi connectivity index (χ0n) is 5.01. The summed E-state index contributed by atoms with van der Waals surface area (Å²) >= 11 is 0. The number of nitrogens with one attached hydrogen (secondary N) is 1. The lowest BCUT2D eigenvalue weighted by Gasteiger charge is -2.08. The highest BCUT2D eigenvalue weighted by Gasteiger charge is 2.06. The number of hydrogen-bond acceptors (Lipinski definition) is 3. The summed E-state index contributed by atoms with van der Waals surface area (Å²) in [6.07, 6.45) is 1.86. The molecule has 1 aliphatic rings. The maximum absolute atomic E-state index is 4.86. The second-order valence-corrected chi connectivity index (χ2v) is 1.61. The van der Waals surface area contributed by atoms with Crippen molar-refractivity contribution in [2.45, 2.75) is 0 Å². The van der Waals surface area contributed by atoms with Crippen LogP contribution in [-0.4, -0.2) is 19.2 Å². The molecular weight excluding hydrogens is 104 g/mol. The molecule has 3 heteroatoms. The van der Waals surface area contributed by atoms with Crippen molar-refractivity contribution < 1.29 is 4.74 Å². The van der Waals surface area contributed by atoms with Crippen LogP contribution in [0.2, 0.25) is 0 Å². The van der Waals surface area contributed by atoms with Crippen LogP contribution in [0.3, 0.4) is 0 Å². The highest BCUT2D eigenvalue weighted by molar-refractivity contribution is 5.04. The number of likely N-dealkylation sites (N-methyl/N-ethyl adjacent to an activating group) is 1. The van der Waals surface area contributed by atoms with Gasteiger partial charge in [-0.3, -0.25) is 5.43 Å². The third kappa shape index (κ3) is 0.924. The van der Waals surface area contributed by atoms with Crippen LogP contribution in [0.1, 0.15) is 0 Å². The molecule has 0 atom stereocenters. The van der Waals surface area contributed by atoms with E-state index in [2.05, 4.69) is 5.43 Å². The first-order valence-corrected chi connectivity index (χ1v) is 2.41. The summed E-state index contributed by atoms with van der Waals surface area (Å²) in [5.41, 5.74) is 2.92. The Hall–Kier alpha value is -0.700. The van der Waals surface area contributed by atoms with E-state index in [4.69, 9.17) is 4.74 Å². The number of hydrazine groups is 1. The first kappa shape index (κ1) is 5.44. The van der Waals surface area contributed by atoms with Crippen molar-refractivity contribution in [2.24, 2.45) is 0 Å². The zero-order valence-corrected chi connectivity index (χ0v) is 5.01. The van der Waals surface area contributed by atoms with Crippen LogP contribution in [0.15, 0.2) is 12.0 Å². The molecule has 8 heavy (non-hydrogen) atoms. The van der Waals surface area contributed by atoms with E-state index in [0.29, 0.717) is 0 Å². The molecule has 0 fully saturated rings. The lowest BCUT2D eigenvalue weighted by molar-refractivity contribution is 0.214. The quantitative estimate of drug-likeness (QED) is 0.521. The van der Waals surface area contributed by atoms with E-state index in [-0.39, 0.29) is 0 Å². The molecule has 0 aliphatic carbocycles. The SMILES string of the molecule is COC1=C[CH]N(C)N1. The van der Waals surface area contributed by atoms with Crippen molar-refractivity contribution in [1.82, 2.24) is 10.4 Å². The Balaban J connectivity index is 2.37. The van der Waals surface area contributed by atoms with Crippen LogP contribution < -0.4 is 5.43 Å². The predicted molar refractivity (Wildman–Crippen MR) is 30.3 cm³/mol. The third-order valence-electron chi connectivity index (χ3n) is 0.956. The second kappa shape index (κ2) is 2.05. The van der Waals surface area contributed by atoms with Crippen LogP contribution in [-0.2, 0) is 4.74 Å². The van der Waals surface area contributed by atoms with Gasteiger partial charge in [-0.25, -0.2) is 5.01 Å². The molecule has 0 bridgehead atoms. The fourth-order valence-electron chi connectivity index (χ4n) is 0.542. The number of hydrogen-bond donors (Lipinski definition) is 1. The van der Waals surface area contributed by atoms with Gasteiger partial charge >= 0.3 is 0 Å². The topological polar surface area (TPSA) is 24.5 Å². The van der Waals surface area contributed by atoms with E-state index in [1.807, 2.05) is 24.7 Å². The molecule has 0 aromatic rings. The van der Waals surface area contributed by atoms with Crippen LogP contribution in [0.5, 0.6) is 0 Å². The standard InChI is InChI=1S/C5H9N2O/c1-7-4-3-5(6-7)8-2/h3-4,6H,1-2H3. The Morgan fingerprint density at radius 2 is 2.50 bits per heavy atom. The molecule has 1 rings (SSSR count). The summed E-state index contributed by atoms with van der Waals surface area (Å²) in [6, 6.07) is 0. The fraction of sp³-hybridized carbons (Fsp3) is 0.400. The van der Waals surface area contributed by atoms with Gasteiger partial charge in [0.25, 0.3) is 0 Å². The lowest BCUT2D eigenvalue weighted by Crippen LogP contribution is -2.25. The molecule has 0 saturated heterocycles. The average Bonchev–Trinajstić information content (AvgIpc) is 2.14. The Morgan fingerprint density at radius 1 is 1.75 bits per heavy atom. The van der Waals surface area contributed by atoms with Gasteiger partial charge in [-0.1, -0.05) is 0 Å². The lowest BCUT2D eigenvalue weighted by atomic mass is 10.6. The monoisotopic (exact) mass is 113 g/mol. The van der Waals surface area contributed by atoms with E-state index in [0.717, 1.165) is 5.88 Å². The Kier molecular flexibility index (Phi) is 1.39. The van der Waals surface area contributed by atoms with E-state index in [9.17, 15) is 0 Å². The molecule has 0 spiro atoms. The van der Waals surface area contributed by atoms with Crippen molar-refractivity contribution in [1.29, 1.82) is 0 Å². The van der Waals surface area contributed by atoms with Gasteiger partial charge in [0.15, 0.2) is 5.88 Å².